The van der Waals surface area contributed by atoms with E-state index in [1.165, 1.54) is 6.92 Å². The van der Waals surface area contributed by atoms with Gasteiger partial charge in [0.2, 0.25) is 0 Å². The highest BCUT2D eigenvalue weighted by Crippen LogP contribution is 1.89. The highest BCUT2D eigenvalue weighted by molar-refractivity contribution is 5.82. The Morgan fingerprint density at radius 2 is 2.67 bits per heavy atom. The second-order valence-electron chi connectivity index (χ2n) is 1.47. The Morgan fingerprint density at radius 3 is 3.11 bits per heavy atom. The molecule has 0 aromatic heterocycles. The number of carbonyl (C=O) groups excluding carboxylic acids is 1. The molecule has 0 saturated heterocycles. The van der Waals surface area contributed by atoms with E-state index in [9.17, 15) is 4.79 Å². The SMILES string of the molecule is [2H]/C(C(=O)OCC)=C(\C)C([2H])([2H])[2H]. The maximum atomic E-state index is 10.9. The molecule has 0 rings (SSSR count). The zero-order valence-electron chi connectivity index (χ0n) is 9.52. The van der Waals surface area contributed by atoms with Crippen molar-refractivity contribution in [3.8, 4) is 0 Å². The summed E-state index contributed by atoms with van der Waals surface area (Å²) in [6.45, 7) is 0.557. The van der Waals surface area contributed by atoms with Gasteiger partial charge in [0.1, 0.15) is 0 Å². The first-order chi connectivity index (χ1) is 5.80. The largest absolute Gasteiger partial charge is 0.463 e. The number of rotatable bonds is 2. The van der Waals surface area contributed by atoms with Crippen LogP contribution in [0.2, 0.25) is 0 Å². The Bertz CT molecular complexity index is 229. The molecule has 0 unspecified atom stereocenters. The number of ether oxygens (including phenoxy) is 1. The fourth-order valence-electron chi connectivity index (χ4n) is 0.320. The van der Waals surface area contributed by atoms with Gasteiger partial charge >= 0.3 is 5.97 Å². The Hall–Kier alpha value is -0.790. The molecule has 0 aromatic rings. The van der Waals surface area contributed by atoms with Gasteiger partial charge in [-0.3, -0.25) is 0 Å². The zero-order chi connectivity index (χ0) is 10.6. The average Bonchev–Trinajstić information content (AvgIpc) is 2.00. The van der Waals surface area contributed by atoms with Crippen LogP contribution in [-0.2, 0) is 9.53 Å². The van der Waals surface area contributed by atoms with Crippen LogP contribution >= 0.6 is 0 Å². The number of allylic oxidation sites excluding steroid dienone is 1. The van der Waals surface area contributed by atoms with Crippen molar-refractivity contribution >= 4 is 5.97 Å². The van der Waals surface area contributed by atoms with Crippen molar-refractivity contribution in [2.45, 2.75) is 20.7 Å². The molecule has 0 N–H and O–H groups in total. The third-order valence-electron chi connectivity index (χ3n) is 0.565. The van der Waals surface area contributed by atoms with Crippen molar-refractivity contribution in [2.24, 2.45) is 0 Å². The van der Waals surface area contributed by atoms with Gasteiger partial charge in [-0.15, -0.1) is 0 Å². The fraction of sp³-hybridized carbons (Fsp3) is 0.571. The molecule has 0 aromatic carbocycles. The first-order valence-corrected chi connectivity index (χ1v) is 2.65. The maximum Gasteiger partial charge on any atom is 0.330 e. The van der Waals surface area contributed by atoms with E-state index in [4.69, 9.17) is 5.48 Å². The minimum absolute atomic E-state index is 0.134. The van der Waals surface area contributed by atoms with E-state index < -0.39 is 18.9 Å². The lowest BCUT2D eigenvalue weighted by atomic mass is 10.3. The predicted octanol–water partition coefficient (Wildman–Crippen LogP) is 1.52. The highest BCUT2D eigenvalue weighted by Gasteiger charge is 1.92. The number of esters is 1. The van der Waals surface area contributed by atoms with E-state index in [0.717, 1.165) is 0 Å². The van der Waals surface area contributed by atoms with Crippen LogP contribution < -0.4 is 0 Å². The average molecular weight is 132 g/mol. The molecule has 0 aliphatic heterocycles. The van der Waals surface area contributed by atoms with Crippen molar-refractivity contribution in [1.82, 2.24) is 0 Å². The summed E-state index contributed by atoms with van der Waals surface area (Å²) in [4.78, 5) is 10.9. The molecule has 9 heavy (non-hydrogen) atoms. The van der Waals surface area contributed by atoms with Crippen LogP contribution in [0.3, 0.4) is 0 Å². The lowest BCUT2D eigenvalue weighted by Gasteiger charge is -1.94. The van der Waals surface area contributed by atoms with Crippen molar-refractivity contribution in [3.05, 3.63) is 11.6 Å². The van der Waals surface area contributed by atoms with Crippen LogP contribution in [0.4, 0.5) is 0 Å². The summed E-state index contributed by atoms with van der Waals surface area (Å²) < 4.78 is 32.5. The zero-order valence-corrected chi connectivity index (χ0v) is 5.52. The Kier molecular flexibility index (Phi) is 1.56. The van der Waals surface area contributed by atoms with E-state index in [0.29, 0.717) is 0 Å². The molecule has 0 fully saturated rings. The van der Waals surface area contributed by atoms with E-state index in [-0.39, 0.29) is 12.2 Å². The molecule has 0 amide bonds. The molecular formula is C7H12O2. The second-order valence-corrected chi connectivity index (χ2v) is 1.47. The Balaban J connectivity index is 4.72. The molecule has 0 saturated carbocycles. The van der Waals surface area contributed by atoms with Crippen molar-refractivity contribution in [2.75, 3.05) is 6.61 Å². The second kappa shape index (κ2) is 4.13. The van der Waals surface area contributed by atoms with Crippen molar-refractivity contribution < 1.29 is 15.0 Å². The van der Waals surface area contributed by atoms with Gasteiger partial charge < -0.3 is 4.74 Å². The molecule has 2 nitrogen and oxygen atoms in total. The van der Waals surface area contributed by atoms with Gasteiger partial charge in [-0.1, -0.05) is 5.57 Å². The summed E-state index contributed by atoms with van der Waals surface area (Å²) >= 11 is 0. The molecule has 0 bridgehead atoms. The van der Waals surface area contributed by atoms with Crippen LogP contribution in [0.25, 0.3) is 0 Å². The molecule has 0 aliphatic carbocycles. The first kappa shape index (κ1) is 3.40. The molecule has 52 valence electrons. The predicted molar refractivity (Wildman–Crippen MR) is 36.1 cm³/mol. The van der Waals surface area contributed by atoms with Crippen LogP contribution in [0, 0.1) is 0 Å². The van der Waals surface area contributed by atoms with Crippen molar-refractivity contribution in [1.29, 1.82) is 0 Å². The minimum atomic E-state index is -2.40. The van der Waals surface area contributed by atoms with Gasteiger partial charge in [0, 0.05) is 10.2 Å². The molecule has 0 atom stereocenters. The summed E-state index contributed by atoms with van der Waals surface area (Å²) in [5.41, 5.74) is -0.244. The third-order valence-corrected chi connectivity index (χ3v) is 0.565. The molecule has 0 spiro atoms. The topological polar surface area (TPSA) is 26.3 Å². The maximum absolute atomic E-state index is 10.9. The quantitative estimate of drug-likeness (QED) is 0.420. The van der Waals surface area contributed by atoms with Gasteiger partial charge in [0.25, 0.3) is 0 Å². The van der Waals surface area contributed by atoms with Gasteiger partial charge in [0.05, 0.1) is 7.98 Å². The monoisotopic (exact) mass is 132 g/mol. The van der Waals surface area contributed by atoms with E-state index in [1.807, 2.05) is 0 Å². The Morgan fingerprint density at radius 1 is 2.00 bits per heavy atom. The molecule has 0 radical (unpaired) electrons. The lowest BCUT2D eigenvalue weighted by molar-refractivity contribution is -0.137. The van der Waals surface area contributed by atoms with Crippen LogP contribution in [0.1, 0.15) is 26.2 Å². The molecular weight excluding hydrogens is 116 g/mol. The normalized spacial score (nSPS) is 20.2. The smallest absolute Gasteiger partial charge is 0.330 e. The van der Waals surface area contributed by atoms with Gasteiger partial charge in [-0.2, -0.15) is 0 Å². The first-order valence-electron chi connectivity index (χ1n) is 4.65. The third kappa shape index (κ3) is 5.07. The van der Waals surface area contributed by atoms with Crippen molar-refractivity contribution in [3.63, 3.8) is 0 Å². The van der Waals surface area contributed by atoms with Gasteiger partial charge in [-0.25, -0.2) is 4.79 Å². The van der Waals surface area contributed by atoms with E-state index in [1.54, 1.807) is 6.92 Å². The standard InChI is InChI=1S/C7H12O2/c1-4-9-7(8)5-6(2)3/h5H,4H2,1-3H3/i2D3,5D/b6-5+. The summed E-state index contributed by atoms with van der Waals surface area (Å²) in [7, 11) is 0. The molecule has 2 heteroatoms. The van der Waals surface area contributed by atoms with Gasteiger partial charge in [-0.05, 0) is 20.7 Å². The summed E-state index contributed by atoms with van der Waals surface area (Å²) in [6, 6.07) is -0.582. The lowest BCUT2D eigenvalue weighted by Crippen LogP contribution is -1.99. The number of hydrogen-bond donors (Lipinski definition) is 0. The number of hydrogen-bond acceptors (Lipinski definition) is 2. The molecule has 0 aliphatic rings. The number of carbonyl (C=O) groups is 1. The van der Waals surface area contributed by atoms with Crippen LogP contribution in [0.15, 0.2) is 11.6 Å². The van der Waals surface area contributed by atoms with Crippen LogP contribution in [0.5, 0.6) is 0 Å². The fourth-order valence-corrected chi connectivity index (χ4v) is 0.320. The Labute approximate surface area is 61.1 Å². The molecule has 0 heterocycles. The summed E-state index contributed by atoms with van der Waals surface area (Å²) in [5.74, 6) is -0.892. The van der Waals surface area contributed by atoms with E-state index >= 15 is 0 Å². The minimum Gasteiger partial charge on any atom is -0.463 e. The summed E-state index contributed by atoms with van der Waals surface area (Å²) in [6.07, 6.45) is 0. The highest BCUT2D eigenvalue weighted by atomic mass is 16.5. The van der Waals surface area contributed by atoms with E-state index in [2.05, 4.69) is 4.74 Å². The van der Waals surface area contributed by atoms with Gasteiger partial charge in [0.15, 0.2) is 0 Å². The summed E-state index contributed by atoms with van der Waals surface area (Å²) in [5, 5.41) is 0. The van der Waals surface area contributed by atoms with Crippen LogP contribution in [-0.4, -0.2) is 12.6 Å².